The quantitative estimate of drug-likeness (QED) is 0.639. The highest BCUT2D eigenvalue weighted by atomic mass is 16.2. The zero-order valence-corrected chi connectivity index (χ0v) is 17.3. The molecule has 0 fully saturated rings. The van der Waals surface area contributed by atoms with E-state index in [0.717, 1.165) is 11.3 Å². The van der Waals surface area contributed by atoms with Crippen LogP contribution in [0, 0.1) is 6.92 Å². The smallest absolute Gasteiger partial charge is 0.241 e. The summed E-state index contributed by atoms with van der Waals surface area (Å²) in [5, 5.41) is 8.41. The van der Waals surface area contributed by atoms with Crippen LogP contribution in [0.1, 0.15) is 26.3 Å². The van der Waals surface area contributed by atoms with Crippen molar-refractivity contribution in [1.82, 2.24) is 4.90 Å². The van der Waals surface area contributed by atoms with E-state index in [1.165, 1.54) is 6.92 Å². The van der Waals surface area contributed by atoms with Crippen LogP contribution in [0.3, 0.4) is 0 Å². The molecule has 7 nitrogen and oxygen atoms in total. The van der Waals surface area contributed by atoms with Crippen LogP contribution >= 0.6 is 0 Å². The third-order valence-electron chi connectivity index (χ3n) is 4.57. The van der Waals surface area contributed by atoms with Crippen molar-refractivity contribution < 1.29 is 14.4 Å². The zero-order valence-electron chi connectivity index (χ0n) is 17.3. The van der Waals surface area contributed by atoms with E-state index in [2.05, 4.69) is 16.0 Å². The Hall–Kier alpha value is -3.19. The molecule has 2 aromatic rings. The molecule has 1 unspecified atom stereocenters. The molecular formula is C22H28N4O3. The molecule has 0 aliphatic rings. The molecule has 0 saturated heterocycles. The molecule has 2 rings (SSSR count). The van der Waals surface area contributed by atoms with Gasteiger partial charge in [0, 0.05) is 24.0 Å². The van der Waals surface area contributed by atoms with Crippen LogP contribution in [0.15, 0.2) is 48.5 Å². The molecule has 0 heterocycles. The summed E-state index contributed by atoms with van der Waals surface area (Å²) >= 11 is 0. The SMILES string of the molecule is CCN(CC(=O)Nc1ccc(NC(C)=O)cc1)C(C)C(=O)Nc1ccccc1C. The van der Waals surface area contributed by atoms with Crippen molar-refractivity contribution in [3.63, 3.8) is 0 Å². The van der Waals surface area contributed by atoms with Gasteiger partial charge in [-0.15, -0.1) is 0 Å². The number of hydrogen-bond donors (Lipinski definition) is 3. The van der Waals surface area contributed by atoms with Gasteiger partial charge in [0.2, 0.25) is 17.7 Å². The van der Waals surface area contributed by atoms with E-state index in [0.29, 0.717) is 17.9 Å². The minimum Gasteiger partial charge on any atom is -0.326 e. The highest BCUT2D eigenvalue weighted by Crippen LogP contribution is 2.15. The van der Waals surface area contributed by atoms with E-state index in [4.69, 9.17) is 0 Å². The molecule has 0 bridgehead atoms. The van der Waals surface area contributed by atoms with Crippen molar-refractivity contribution in [3.8, 4) is 0 Å². The number of likely N-dealkylation sites (N-methyl/N-ethyl adjacent to an activating group) is 1. The second kappa shape index (κ2) is 10.4. The number of nitrogens with one attached hydrogen (secondary N) is 3. The lowest BCUT2D eigenvalue weighted by atomic mass is 10.2. The number of nitrogens with zero attached hydrogens (tertiary/aromatic N) is 1. The Labute approximate surface area is 171 Å². The van der Waals surface area contributed by atoms with Crippen molar-refractivity contribution in [1.29, 1.82) is 0 Å². The Morgan fingerprint density at radius 1 is 0.931 bits per heavy atom. The maximum atomic E-state index is 12.6. The first-order chi connectivity index (χ1) is 13.8. The van der Waals surface area contributed by atoms with Gasteiger partial charge in [-0.2, -0.15) is 0 Å². The third-order valence-corrected chi connectivity index (χ3v) is 4.57. The topological polar surface area (TPSA) is 90.5 Å². The van der Waals surface area contributed by atoms with Crippen LogP contribution in [-0.4, -0.2) is 41.8 Å². The van der Waals surface area contributed by atoms with E-state index in [1.54, 1.807) is 36.1 Å². The lowest BCUT2D eigenvalue weighted by Gasteiger charge is -2.26. The first-order valence-electron chi connectivity index (χ1n) is 9.58. The summed E-state index contributed by atoms with van der Waals surface area (Å²) in [5.74, 6) is -0.526. The van der Waals surface area contributed by atoms with Crippen molar-refractivity contribution in [2.75, 3.05) is 29.0 Å². The number of rotatable bonds is 8. The Kier molecular flexibility index (Phi) is 7.91. The zero-order chi connectivity index (χ0) is 21.4. The number of carbonyl (C=O) groups excluding carboxylic acids is 3. The van der Waals surface area contributed by atoms with Gasteiger partial charge in [0.1, 0.15) is 0 Å². The number of amides is 3. The molecule has 0 aliphatic heterocycles. The van der Waals surface area contributed by atoms with Gasteiger partial charge in [0.05, 0.1) is 12.6 Å². The second-order valence-corrected chi connectivity index (χ2v) is 6.85. The van der Waals surface area contributed by atoms with E-state index in [-0.39, 0.29) is 24.3 Å². The van der Waals surface area contributed by atoms with Crippen molar-refractivity contribution in [2.24, 2.45) is 0 Å². The number of aryl methyl sites for hydroxylation is 1. The first-order valence-corrected chi connectivity index (χ1v) is 9.58. The molecule has 0 aromatic heterocycles. The molecule has 1 atom stereocenters. The molecule has 0 saturated carbocycles. The molecule has 2 aromatic carbocycles. The van der Waals surface area contributed by atoms with Crippen LogP contribution in [0.2, 0.25) is 0 Å². The normalized spacial score (nSPS) is 11.6. The fraction of sp³-hybridized carbons (Fsp3) is 0.318. The Morgan fingerprint density at radius 2 is 1.52 bits per heavy atom. The van der Waals surface area contributed by atoms with Crippen molar-refractivity contribution in [3.05, 3.63) is 54.1 Å². The Morgan fingerprint density at radius 3 is 2.07 bits per heavy atom. The number of benzene rings is 2. The van der Waals surface area contributed by atoms with E-state index >= 15 is 0 Å². The average molecular weight is 396 g/mol. The van der Waals surface area contributed by atoms with Gasteiger partial charge >= 0.3 is 0 Å². The maximum absolute atomic E-state index is 12.6. The fourth-order valence-corrected chi connectivity index (χ4v) is 2.86. The number of hydrogen-bond acceptors (Lipinski definition) is 4. The largest absolute Gasteiger partial charge is 0.326 e. The number of para-hydroxylation sites is 1. The van der Waals surface area contributed by atoms with Crippen molar-refractivity contribution in [2.45, 2.75) is 33.7 Å². The Balaban J connectivity index is 1.93. The van der Waals surface area contributed by atoms with Gasteiger partial charge < -0.3 is 16.0 Å². The predicted octanol–water partition coefficient (Wildman–Crippen LogP) is 3.24. The van der Waals surface area contributed by atoms with Crippen LogP contribution in [0.5, 0.6) is 0 Å². The Bertz CT molecular complexity index is 865. The number of carbonyl (C=O) groups is 3. The maximum Gasteiger partial charge on any atom is 0.241 e. The minimum atomic E-state index is -0.465. The van der Waals surface area contributed by atoms with Gasteiger partial charge in [0.15, 0.2) is 0 Å². The summed E-state index contributed by atoms with van der Waals surface area (Å²) in [4.78, 5) is 37.9. The summed E-state index contributed by atoms with van der Waals surface area (Å²) < 4.78 is 0. The summed E-state index contributed by atoms with van der Waals surface area (Å²) in [5.41, 5.74) is 3.03. The van der Waals surface area contributed by atoms with Gasteiger partial charge in [-0.3, -0.25) is 19.3 Å². The summed E-state index contributed by atoms with van der Waals surface area (Å²) in [7, 11) is 0. The van der Waals surface area contributed by atoms with Crippen LogP contribution < -0.4 is 16.0 Å². The summed E-state index contributed by atoms with van der Waals surface area (Å²) in [6, 6.07) is 14.0. The molecule has 29 heavy (non-hydrogen) atoms. The monoisotopic (exact) mass is 396 g/mol. The second-order valence-electron chi connectivity index (χ2n) is 6.85. The number of anilines is 3. The minimum absolute atomic E-state index is 0.0896. The highest BCUT2D eigenvalue weighted by molar-refractivity contribution is 5.97. The highest BCUT2D eigenvalue weighted by Gasteiger charge is 2.22. The lowest BCUT2D eigenvalue weighted by molar-refractivity contribution is -0.123. The lowest BCUT2D eigenvalue weighted by Crippen LogP contribution is -2.45. The van der Waals surface area contributed by atoms with Crippen LogP contribution in [0.4, 0.5) is 17.1 Å². The standard InChI is InChI=1S/C22H28N4O3/c1-5-26(16(3)22(29)25-20-9-7-6-8-15(20)2)14-21(28)24-19-12-10-18(11-13-19)23-17(4)27/h6-13,16H,5,14H2,1-4H3,(H,23,27)(H,24,28)(H,25,29). The van der Waals surface area contributed by atoms with E-state index in [9.17, 15) is 14.4 Å². The molecule has 0 radical (unpaired) electrons. The first kappa shape index (κ1) is 22.1. The van der Waals surface area contributed by atoms with E-state index in [1.807, 2.05) is 38.1 Å². The van der Waals surface area contributed by atoms with Crippen LogP contribution in [-0.2, 0) is 14.4 Å². The van der Waals surface area contributed by atoms with E-state index < -0.39 is 6.04 Å². The van der Waals surface area contributed by atoms with Gasteiger partial charge in [-0.1, -0.05) is 25.1 Å². The predicted molar refractivity (Wildman–Crippen MR) is 116 cm³/mol. The summed E-state index contributed by atoms with van der Waals surface area (Å²) in [6.07, 6.45) is 0. The third kappa shape index (κ3) is 6.73. The average Bonchev–Trinajstić information content (AvgIpc) is 2.68. The molecule has 7 heteroatoms. The fourth-order valence-electron chi connectivity index (χ4n) is 2.86. The molecule has 3 amide bonds. The van der Waals surface area contributed by atoms with Gasteiger partial charge in [-0.05, 0) is 56.3 Å². The molecular weight excluding hydrogens is 368 g/mol. The molecule has 0 spiro atoms. The van der Waals surface area contributed by atoms with Gasteiger partial charge in [-0.25, -0.2) is 0 Å². The molecule has 0 aliphatic carbocycles. The van der Waals surface area contributed by atoms with Crippen molar-refractivity contribution >= 4 is 34.8 Å². The summed E-state index contributed by atoms with van der Waals surface area (Å²) in [6.45, 7) is 7.71. The van der Waals surface area contributed by atoms with Gasteiger partial charge in [0.25, 0.3) is 0 Å². The molecule has 154 valence electrons. The van der Waals surface area contributed by atoms with Crippen LogP contribution in [0.25, 0.3) is 0 Å². The molecule has 3 N–H and O–H groups in total.